The third-order valence-electron chi connectivity index (χ3n) is 5.95. The fraction of sp³-hybridized carbons (Fsp3) is 0.417. The fourth-order valence-electron chi connectivity index (χ4n) is 4.13. The van der Waals surface area contributed by atoms with Crippen molar-refractivity contribution in [3.8, 4) is 15.6 Å². The van der Waals surface area contributed by atoms with Crippen LogP contribution in [0.1, 0.15) is 37.2 Å². The van der Waals surface area contributed by atoms with E-state index in [-0.39, 0.29) is 0 Å². The van der Waals surface area contributed by atoms with Crippen LogP contribution in [-0.2, 0) is 0 Å². The second-order valence-corrected chi connectivity index (χ2v) is 9.21. The molecule has 3 aromatic rings. The lowest BCUT2D eigenvalue weighted by Crippen LogP contribution is -2.20. The molecule has 5 nitrogen and oxygen atoms in total. The number of hydrogen-bond donors (Lipinski definition) is 1. The van der Waals surface area contributed by atoms with Crippen molar-refractivity contribution in [3.05, 3.63) is 54.4 Å². The van der Waals surface area contributed by atoms with Gasteiger partial charge < -0.3 is 15.0 Å². The van der Waals surface area contributed by atoms with Crippen molar-refractivity contribution in [2.75, 3.05) is 38.0 Å². The van der Waals surface area contributed by atoms with Crippen LogP contribution in [0.5, 0.6) is 5.19 Å². The number of hydrogen-bond acceptors (Lipinski definition) is 6. The fourth-order valence-corrected chi connectivity index (χ4v) is 4.86. The van der Waals surface area contributed by atoms with Crippen LogP contribution >= 0.6 is 11.3 Å². The highest BCUT2D eigenvalue weighted by molar-refractivity contribution is 7.16. The highest BCUT2D eigenvalue weighted by atomic mass is 32.1. The number of methoxy groups -OCH3 is 1. The molecular formula is C24H30N4OS. The number of benzene rings is 1. The molecule has 30 heavy (non-hydrogen) atoms. The molecular weight excluding hydrogens is 392 g/mol. The van der Waals surface area contributed by atoms with E-state index >= 15 is 0 Å². The summed E-state index contributed by atoms with van der Waals surface area (Å²) in [6, 6.07) is 13.0. The second kappa shape index (κ2) is 9.47. The normalized spacial score (nSPS) is 18.8. The maximum absolute atomic E-state index is 5.22. The molecule has 1 aliphatic carbocycles. The van der Waals surface area contributed by atoms with E-state index in [1.165, 1.54) is 42.5 Å². The molecule has 158 valence electrons. The monoisotopic (exact) mass is 422 g/mol. The molecule has 1 saturated carbocycles. The first-order chi connectivity index (χ1) is 14.6. The van der Waals surface area contributed by atoms with Gasteiger partial charge in [-0.15, -0.1) is 0 Å². The van der Waals surface area contributed by atoms with Gasteiger partial charge in [0, 0.05) is 38.7 Å². The van der Waals surface area contributed by atoms with Gasteiger partial charge in [-0.1, -0.05) is 29.5 Å². The summed E-state index contributed by atoms with van der Waals surface area (Å²) in [5.74, 6) is 2.40. The van der Waals surface area contributed by atoms with Crippen molar-refractivity contribution >= 4 is 22.8 Å². The van der Waals surface area contributed by atoms with Crippen molar-refractivity contribution in [2.24, 2.45) is 5.92 Å². The van der Waals surface area contributed by atoms with Gasteiger partial charge in [-0.05, 0) is 66.8 Å². The maximum atomic E-state index is 5.22. The SMILES string of the molecule is COc1ncc(-c2cccc(NCC3CCC(c4ccc(N(C)C)nc4)CC3)c2)s1. The van der Waals surface area contributed by atoms with Gasteiger partial charge in [0.1, 0.15) is 5.82 Å². The van der Waals surface area contributed by atoms with Crippen molar-refractivity contribution in [1.82, 2.24) is 9.97 Å². The number of nitrogens with one attached hydrogen (secondary N) is 1. The van der Waals surface area contributed by atoms with Crippen molar-refractivity contribution < 1.29 is 4.74 Å². The van der Waals surface area contributed by atoms with Crippen molar-refractivity contribution in [1.29, 1.82) is 0 Å². The van der Waals surface area contributed by atoms with Crippen LogP contribution in [0.3, 0.4) is 0 Å². The average molecular weight is 423 g/mol. The Balaban J connectivity index is 1.29. The Kier molecular flexibility index (Phi) is 6.53. The molecule has 2 aromatic heterocycles. The van der Waals surface area contributed by atoms with Gasteiger partial charge >= 0.3 is 0 Å². The Morgan fingerprint density at radius 3 is 2.57 bits per heavy atom. The molecule has 1 aromatic carbocycles. The molecule has 0 saturated heterocycles. The lowest BCUT2D eigenvalue weighted by atomic mass is 9.79. The van der Waals surface area contributed by atoms with Gasteiger partial charge in [0.15, 0.2) is 0 Å². The Morgan fingerprint density at radius 2 is 1.90 bits per heavy atom. The number of aromatic nitrogens is 2. The number of pyridine rings is 1. The minimum Gasteiger partial charge on any atom is -0.473 e. The number of nitrogens with zero attached hydrogens (tertiary/aromatic N) is 3. The molecule has 2 heterocycles. The van der Waals surface area contributed by atoms with Crippen LogP contribution in [0, 0.1) is 5.92 Å². The molecule has 0 bridgehead atoms. The number of ether oxygens (including phenoxy) is 1. The Labute approximate surface area is 183 Å². The van der Waals surface area contributed by atoms with E-state index < -0.39 is 0 Å². The highest BCUT2D eigenvalue weighted by Gasteiger charge is 2.22. The molecule has 0 aliphatic heterocycles. The van der Waals surface area contributed by atoms with Crippen LogP contribution in [0.25, 0.3) is 10.4 Å². The van der Waals surface area contributed by atoms with E-state index in [1.54, 1.807) is 18.4 Å². The molecule has 1 fully saturated rings. The summed E-state index contributed by atoms with van der Waals surface area (Å²) in [4.78, 5) is 12.0. The minimum absolute atomic E-state index is 0.648. The van der Waals surface area contributed by atoms with E-state index in [0.29, 0.717) is 11.1 Å². The highest BCUT2D eigenvalue weighted by Crippen LogP contribution is 2.36. The summed E-state index contributed by atoms with van der Waals surface area (Å²) in [5, 5.41) is 4.36. The predicted molar refractivity (Wildman–Crippen MR) is 126 cm³/mol. The zero-order chi connectivity index (χ0) is 20.9. The van der Waals surface area contributed by atoms with E-state index in [4.69, 9.17) is 4.74 Å². The van der Waals surface area contributed by atoms with Gasteiger partial charge in [-0.3, -0.25) is 0 Å². The molecule has 1 N–H and O–H groups in total. The molecule has 0 atom stereocenters. The van der Waals surface area contributed by atoms with E-state index in [1.807, 2.05) is 25.2 Å². The molecule has 0 spiro atoms. The van der Waals surface area contributed by atoms with Crippen LogP contribution in [0.2, 0.25) is 0 Å². The van der Waals surface area contributed by atoms with Crippen molar-refractivity contribution in [2.45, 2.75) is 31.6 Å². The van der Waals surface area contributed by atoms with Gasteiger partial charge in [0.2, 0.25) is 0 Å². The first-order valence-electron chi connectivity index (χ1n) is 10.6. The summed E-state index contributed by atoms with van der Waals surface area (Å²) in [6.45, 7) is 1.03. The number of anilines is 2. The Bertz CT molecular complexity index is 946. The third kappa shape index (κ3) is 4.93. The van der Waals surface area contributed by atoms with Crippen LogP contribution in [0.4, 0.5) is 11.5 Å². The molecule has 4 rings (SSSR count). The summed E-state index contributed by atoms with van der Waals surface area (Å²) >= 11 is 1.57. The van der Waals surface area contributed by atoms with Gasteiger partial charge in [0.05, 0.1) is 12.0 Å². The van der Waals surface area contributed by atoms with Crippen LogP contribution in [0.15, 0.2) is 48.8 Å². The zero-order valence-electron chi connectivity index (χ0n) is 18.0. The summed E-state index contributed by atoms with van der Waals surface area (Å²) in [7, 11) is 5.72. The molecule has 6 heteroatoms. The first kappa shape index (κ1) is 20.7. The Hall–Kier alpha value is -2.60. The smallest absolute Gasteiger partial charge is 0.273 e. The van der Waals surface area contributed by atoms with Crippen LogP contribution < -0.4 is 15.0 Å². The van der Waals surface area contributed by atoms with Gasteiger partial charge in [0.25, 0.3) is 5.19 Å². The average Bonchev–Trinajstić information content (AvgIpc) is 3.28. The van der Waals surface area contributed by atoms with E-state index in [0.717, 1.165) is 23.2 Å². The molecule has 1 aliphatic rings. The lowest BCUT2D eigenvalue weighted by Gasteiger charge is -2.29. The predicted octanol–water partition coefficient (Wildman–Crippen LogP) is 5.67. The maximum Gasteiger partial charge on any atom is 0.273 e. The second-order valence-electron chi connectivity index (χ2n) is 8.22. The largest absolute Gasteiger partial charge is 0.473 e. The summed E-state index contributed by atoms with van der Waals surface area (Å²) < 4.78 is 5.22. The van der Waals surface area contributed by atoms with Gasteiger partial charge in [-0.2, -0.15) is 0 Å². The topological polar surface area (TPSA) is 50.3 Å². The van der Waals surface area contributed by atoms with Gasteiger partial charge in [-0.25, -0.2) is 9.97 Å². The minimum atomic E-state index is 0.648. The number of thiazole rings is 1. The van der Waals surface area contributed by atoms with E-state index in [2.05, 4.69) is 57.9 Å². The van der Waals surface area contributed by atoms with Crippen molar-refractivity contribution in [3.63, 3.8) is 0 Å². The lowest BCUT2D eigenvalue weighted by molar-refractivity contribution is 0.338. The summed E-state index contributed by atoms with van der Waals surface area (Å²) in [5.41, 5.74) is 3.74. The first-order valence-corrected chi connectivity index (χ1v) is 11.4. The molecule has 0 amide bonds. The molecule has 0 unspecified atom stereocenters. The third-order valence-corrected chi connectivity index (χ3v) is 6.96. The van der Waals surface area contributed by atoms with E-state index in [9.17, 15) is 0 Å². The molecule has 0 radical (unpaired) electrons. The summed E-state index contributed by atoms with van der Waals surface area (Å²) in [6.07, 6.45) is 8.96. The Morgan fingerprint density at radius 1 is 1.07 bits per heavy atom. The quantitative estimate of drug-likeness (QED) is 0.532. The standard InChI is InChI=1S/C24H30N4OS/c1-28(2)23-12-11-20(15-26-23)18-9-7-17(8-10-18)14-25-21-6-4-5-19(13-21)22-16-27-24(29-3)30-22/h4-6,11-13,15-18,25H,7-10,14H2,1-3H3. The van der Waals surface area contributed by atoms with Crippen LogP contribution in [-0.4, -0.2) is 37.7 Å². The number of rotatable bonds is 7. The zero-order valence-corrected chi connectivity index (χ0v) is 18.8.